The smallest absolute Gasteiger partial charge is 0.233 e. The van der Waals surface area contributed by atoms with Gasteiger partial charge in [0, 0.05) is 5.41 Å². The van der Waals surface area contributed by atoms with Crippen LogP contribution in [0.2, 0.25) is 0 Å². The van der Waals surface area contributed by atoms with Crippen LogP contribution in [0.1, 0.15) is 0 Å². The third kappa shape index (κ3) is 3.79. The number of aromatic nitrogens is 2. The minimum atomic E-state index is -3.53. The Balaban J connectivity index is 1.69. The van der Waals surface area contributed by atoms with Gasteiger partial charge in [0.1, 0.15) is 6.10 Å². The lowest BCUT2D eigenvalue weighted by Crippen LogP contribution is -2.44. The maximum Gasteiger partial charge on any atom is 0.233 e. The summed E-state index contributed by atoms with van der Waals surface area (Å²) in [5.74, 6) is 0.548. The summed E-state index contributed by atoms with van der Waals surface area (Å²) < 4.78 is 38.5. The molecule has 2 heterocycles. The summed E-state index contributed by atoms with van der Waals surface area (Å²) >= 11 is 0. The summed E-state index contributed by atoms with van der Waals surface area (Å²) in [6.45, 7) is 3.84. The van der Waals surface area contributed by atoms with E-state index in [2.05, 4.69) is 16.4 Å². The first-order valence-electron chi connectivity index (χ1n) is 7.07. The molecule has 8 heteroatoms. The lowest BCUT2D eigenvalue weighted by atomic mass is 10.2. The van der Waals surface area contributed by atoms with Gasteiger partial charge >= 0.3 is 0 Å². The largest absolute Gasteiger partial charge is 0.483 e. The van der Waals surface area contributed by atoms with Gasteiger partial charge in [0.2, 0.25) is 10.0 Å². The highest BCUT2D eigenvalue weighted by molar-refractivity contribution is 7.92. The van der Waals surface area contributed by atoms with E-state index in [0.717, 1.165) is 11.1 Å². The van der Waals surface area contributed by atoms with Gasteiger partial charge in [-0.25, -0.2) is 17.8 Å². The summed E-state index contributed by atoms with van der Waals surface area (Å²) in [6.07, 6.45) is 2.91. The first-order chi connectivity index (χ1) is 11.1. The second-order valence-corrected chi connectivity index (χ2v) is 6.74. The highest BCUT2D eigenvalue weighted by Gasteiger charge is 2.33. The van der Waals surface area contributed by atoms with E-state index < -0.39 is 22.2 Å². The van der Waals surface area contributed by atoms with Crippen molar-refractivity contribution in [2.45, 2.75) is 12.1 Å². The van der Waals surface area contributed by atoms with Crippen molar-refractivity contribution in [1.29, 1.82) is 0 Å². The molecule has 0 amide bonds. The molecule has 1 aliphatic rings. The molecule has 0 spiro atoms. The van der Waals surface area contributed by atoms with Crippen LogP contribution in [0.5, 0.6) is 5.75 Å². The molecule has 1 aromatic carbocycles. The summed E-state index contributed by atoms with van der Waals surface area (Å²) in [7, 11) is -3.53. The van der Waals surface area contributed by atoms with Gasteiger partial charge in [0.15, 0.2) is 5.75 Å². The van der Waals surface area contributed by atoms with E-state index in [4.69, 9.17) is 9.47 Å². The Morgan fingerprint density at radius 1 is 1.35 bits per heavy atom. The predicted octanol–water partition coefficient (Wildman–Crippen LogP) is 1.08. The van der Waals surface area contributed by atoms with Crippen LogP contribution >= 0.6 is 0 Å². The Labute approximate surface area is 134 Å². The molecule has 1 saturated heterocycles. The van der Waals surface area contributed by atoms with E-state index in [1.807, 2.05) is 30.3 Å². The lowest BCUT2D eigenvalue weighted by Gasteiger charge is -2.18. The molecule has 1 aromatic heterocycles. The first kappa shape index (κ1) is 15.7. The van der Waals surface area contributed by atoms with Crippen LogP contribution in [0.15, 0.2) is 54.7 Å². The van der Waals surface area contributed by atoms with Gasteiger partial charge in [0.25, 0.3) is 0 Å². The summed E-state index contributed by atoms with van der Waals surface area (Å²) in [6, 6.07) is 9.16. The van der Waals surface area contributed by atoms with Gasteiger partial charge in [-0.05, 0) is 12.1 Å². The van der Waals surface area contributed by atoms with E-state index in [-0.39, 0.29) is 6.61 Å². The minimum Gasteiger partial charge on any atom is -0.483 e. The number of hydrogen-bond acceptors (Lipinski definition) is 5. The van der Waals surface area contributed by atoms with Crippen molar-refractivity contribution >= 4 is 10.0 Å². The van der Waals surface area contributed by atoms with E-state index in [1.54, 1.807) is 17.1 Å². The van der Waals surface area contributed by atoms with Gasteiger partial charge in [-0.15, -0.1) is 0 Å². The normalized spacial score (nSPS) is 21.2. The Morgan fingerprint density at radius 3 is 2.87 bits per heavy atom. The second kappa shape index (κ2) is 6.53. The molecule has 1 aliphatic heterocycles. The zero-order valence-corrected chi connectivity index (χ0v) is 13.1. The number of hydrogen-bond donors (Lipinski definition) is 1. The van der Waals surface area contributed by atoms with Crippen LogP contribution in [0.25, 0.3) is 5.69 Å². The zero-order chi connectivity index (χ0) is 16.3. The zero-order valence-electron chi connectivity index (χ0n) is 12.3. The number of rotatable bonds is 6. The maximum atomic E-state index is 11.6. The Bertz CT molecular complexity index is 773. The van der Waals surface area contributed by atoms with Crippen LogP contribution in [-0.4, -0.2) is 43.6 Å². The number of nitrogens with zero attached hydrogens (tertiary/aromatic N) is 2. The Hall–Kier alpha value is -2.16. The Morgan fingerprint density at radius 2 is 2.13 bits per heavy atom. The fourth-order valence-corrected chi connectivity index (χ4v) is 3.02. The van der Waals surface area contributed by atoms with E-state index in [9.17, 15) is 8.42 Å². The predicted molar refractivity (Wildman–Crippen MR) is 84.8 cm³/mol. The average Bonchev–Trinajstić information content (AvgIpc) is 3.19. The molecule has 0 aliphatic carbocycles. The molecule has 1 fully saturated rings. The fraction of sp³-hybridized carbons (Fsp3) is 0.267. The van der Waals surface area contributed by atoms with Crippen molar-refractivity contribution in [3.05, 3.63) is 54.7 Å². The Kier molecular flexibility index (Phi) is 4.46. The van der Waals surface area contributed by atoms with Crippen LogP contribution in [0.3, 0.4) is 0 Å². The molecule has 3 rings (SSSR count). The van der Waals surface area contributed by atoms with Crippen molar-refractivity contribution < 1.29 is 17.9 Å². The number of benzene rings is 1. The van der Waals surface area contributed by atoms with Gasteiger partial charge in [0.05, 0.1) is 37.3 Å². The number of sulfonamides is 1. The van der Waals surface area contributed by atoms with E-state index >= 15 is 0 Å². The average molecular weight is 335 g/mol. The highest BCUT2D eigenvalue weighted by Crippen LogP contribution is 2.19. The van der Waals surface area contributed by atoms with Crippen molar-refractivity contribution in [2.75, 3.05) is 13.2 Å². The van der Waals surface area contributed by atoms with E-state index in [1.165, 1.54) is 0 Å². The summed E-state index contributed by atoms with van der Waals surface area (Å²) in [5, 5.41) is 5.11. The molecular formula is C15H17N3O4S. The monoisotopic (exact) mass is 335 g/mol. The molecule has 0 radical (unpaired) electrons. The van der Waals surface area contributed by atoms with E-state index in [0.29, 0.717) is 12.4 Å². The van der Waals surface area contributed by atoms with Crippen molar-refractivity contribution in [3.63, 3.8) is 0 Å². The molecule has 1 N–H and O–H groups in total. The maximum absolute atomic E-state index is 11.6. The molecule has 0 bridgehead atoms. The molecule has 2 atom stereocenters. The SMILES string of the molecule is C=CS(=O)(=O)N[C@@H]1COC[C@@H]1Oc1cnn(-c2ccccc2)c1. The molecule has 23 heavy (non-hydrogen) atoms. The molecular weight excluding hydrogens is 318 g/mol. The number of ether oxygens (including phenoxy) is 2. The van der Waals surface area contributed by atoms with Gasteiger partial charge < -0.3 is 9.47 Å². The standard InChI is InChI=1S/C15H17N3O4S/c1-2-23(19,20)17-14-10-21-11-15(14)22-13-8-16-18(9-13)12-6-4-3-5-7-12/h2-9,14-15,17H,1,10-11H2/t14-,15+/m1/s1. The molecule has 0 unspecified atom stereocenters. The highest BCUT2D eigenvalue weighted by atomic mass is 32.2. The van der Waals surface area contributed by atoms with Crippen molar-refractivity contribution in [1.82, 2.24) is 14.5 Å². The van der Waals surface area contributed by atoms with Gasteiger partial charge in [-0.1, -0.05) is 24.8 Å². The van der Waals surface area contributed by atoms with Crippen LogP contribution < -0.4 is 9.46 Å². The third-order valence-electron chi connectivity index (χ3n) is 3.43. The number of nitrogens with one attached hydrogen (secondary N) is 1. The minimum absolute atomic E-state index is 0.255. The molecule has 0 saturated carbocycles. The number of para-hydroxylation sites is 1. The van der Waals surface area contributed by atoms with Crippen molar-refractivity contribution in [3.8, 4) is 11.4 Å². The fourth-order valence-electron chi connectivity index (χ4n) is 2.28. The van der Waals surface area contributed by atoms with Crippen LogP contribution in [0, 0.1) is 0 Å². The second-order valence-electron chi connectivity index (χ2n) is 5.09. The van der Waals surface area contributed by atoms with Gasteiger partial charge in [-0.3, -0.25) is 0 Å². The van der Waals surface area contributed by atoms with Crippen LogP contribution in [-0.2, 0) is 14.8 Å². The van der Waals surface area contributed by atoms with Gasteiger partial charge in [-0.2, -0.15) is 5.10 Å². The molecule has 122 valence electrons. The molecule has 2 aromatic rings. The summed E-state index contributed by atoms with van der Waals surface area (Å²) in [5.41, 5.74) is 0.911. The van der Waals surface area contributed by atoms with Crippen LogP contribution in [0.4, 0.5) is 0 Å². The third-order valence-corrected chi connectivity index (χ3v) is 4.50. The first-order valence-corrected chi connectivity index (χ1v) is 8.61. The topological polar surface area (TPSA) is 82.5 Å². The lowest BCUT2D eigenvalue weighted by molar-refractivity contribution is 0.140. The summed E-state index contributed by atoms with van der Waals surface area (Å²) in [4.78, 5) is 0. The molecule has 7 nitrogen and oxygen atoms in total. The van der Waals surface area contributed by atoms with Crippen molar-refractivity contribution in [2.24, 2.45) is 0 Å². The quantitative estimate of drug-likeness (QED) is 0.854.